The third kappa shape index (κ3) is 3.22. The molecule has 0 radical (unpaired) electrons. The van der Waals surface area contributed by atoms with Crippen LogP contribution in [-0.2, 0) is 0 Å². The van der Waals surface area contributed by atoms with Crippen molar-refractivity contribution in [1.82, 2.24) is 19.5 Å². The summed E-state index contributed by atoms with van der Waals surface area (Å²) in [5.41, 5.74) is 2.60. The Bertz CT molecular complexity index is 970. The lowest BCUT2D eigenvalue weighted by molar-refractivity contribution is 0.978. The molecule has 0 aliphatic carbocycles. The van der Waals surface area contributed by atoms with Gasteiger partial charge in [-0.05, 0) is 17.7 Å². The minimum absolute atomic E-state index is 0.378. The van der Waals surface area contributed by atoms with Gasteiger partial charge in [0.25, 0.3) is 0 Å². The molecule has 0 spiro atoms. The lowest BCUT2D eigenvalue weighted by atomic mass is 10.1. The lowest BCUT2D eigenvalue weighted by Crippen LogP contribution is -2.05. The second-order valence-corrected chi connectivity index (χ2v) is 5.72. The molecule has 0 aliphatic heterocycles. The maximum absolute atomic E-state index is 6.53. The number of hydrogen-bond donors (Lipinski definition) is 1. The van der Waals surface area contributed by atoms with Crippen molar-refractivity contribution in [1.29, 1.82) is 0 Å². The zero-order valence-electron chi connectivity index (χ0n) is 13.2. The molecular weight excluding hydrogens is 334 g/mol. The lowest BCUT2D eigenvalue weighted by Gasteiger charge is -2.14. The van der Waals surface area contributed by atoms with E-state index in [4.69, 9.17) is 11.6 Å². The highest BCUT2D eigenvalue weighted by atomic mass is 35.5. The Morgan fingerprint density at radius 3 is 2.28 bits per heavy atom. The summed E-state index contributed by atoms with van der Waals surface area (Å²) in [6.07, 6.45) is 5.23. The van der Waals surface area contributed by atoms with Gasteiger partial charge in [0.1, 0.15) is 11.5 Å². The Labute approximate surface area is 150 Å². The summed E-state index contributed by atoms with van der Waals surface area (Å²) in [6, 6.07) is 19.6. The first kappa shape index (κ1) is 15.4. The van der Waals surface area contributed by atoms with Crippen molar-refractivity contribution in [3.8, 4) is 16.9 Å². The summed E-state index contributed by atoms with van der Waals surface area (Å²) in [7, 11) is 0. The van der Waals surface area contributed by atoms with Crippen LogP contribution in [0.2, 0.25) is 5.15 Å². The molecule has 4 aromatic rings. The van der Waals surface area contributed by atoms with E-state index in [-0.39, 0.29) is 0 Å². The molecule has 4 rings (SSSR count). The van der Waals surface area contributed by atoms with Crippen LogP contribution >= 0.6 is 11.6 Å². The number of nitrogens with zero attached hydrogens (tertiary/aromatic N) is 4. The fourth-order valence-corrected chi connectivity index (χ4v) is 2.83. The zero-order valence-corrected chi connectivity index (χ0v) is 13.9. The van der Waals surface area contributed by atoms with Crippen LogP contribution in [0.25, 0.3) is 16.9 Å². The van der Waals surface area contributed by atoms with Crippen LogP contribution < -0.4 is 5.32 Å². The predicted octanol–water partition coefficient (Wildman–Crippen LogP) is 4.73. The number of halogens is 1. The first-order chi connectivity index (χ1) is 12.3. The highest BCUT2D eigenvalue weighted by Gasteiger charge is 2.16. The summed E-state index contributed by atoms with van der Waals surface area (Å²) >= 11 is 6.53. The van der Waals surface area contributed by atoms with Gasteiger partial charge >= 0.3 is 0 Å². The van der Waals surface area contributed by atoms with Gasteiger partial charge in [-0.15, -0.1) is 0 Å². The Balaban J connectivity index is 1.85. The van der Waals surface area contributed by atoms with Gasteiger partial charge in [-0.1, -0.05) is 60.1 Å². The fraction of sp³-hybridized carbons (Fsp3) is 0. The molecule has 0 amide bonds. The van der Waals surface area contributed by atoms with Gasteiger partial charge < -0.3 is 5.32 Å². The molecule has 5 nitrogen and oxygen atoms in total. The number of hydrogen-bond acceptors (Lipinski definition) is 4. The SMILES string of the molecule is Clc1nc(Nc2ccccc2)nc(-n2ccnc2)c1-c1ccccc1. The summed E-state index contributed by atoms with van der Waals surface area (Å²) in [5, 5.41) is 3.56. The Morgan fingerprint density at radius 1 is 0.880 bits per heavy atom. The number of rotatable bonds is 4. The number of nitrogens with one attached hydrogen (secondary N) is 1. The smallest absolute Gasteiger partial charge is 0.230 e. The third-order valence-electron chi connectivity index (χ3n) is 3.69. The van der Waals surface area contributed by atoms with Gasteiger partial charge in [0, 0.05) is 18.1 Å². The van der Waals surface area contributed by atoms with E-state index in [0.29, 0.717) is 16.9 Å². The van der Waals surface area contributed by atoms with Crippen molar-refractivity contribution < 1.29 is 0 Å². The molecule has 0 saturated heterocycles. The normalized spacial score (nSPS) is 10.6. The third-order valence-corrected chi connectivity index (χ3v) is 3.96. The maximum Gasteiger partial charge on any atom is 0.230 e. The second-order valence-electron chi connectivity index (χ2n) is 5.36. The van der Waals surface area contributed by atoms with E-state index in [1.54, 1.807) is 12.5 Å². The molecule has 2 aromatic carbocycles. The van der Waals surface area contributed by atoms with Crippen LogP contribution in [0.5, 0.6) is 0 Å². The number of aromatic nitrogens is 4. The standard InChI is InChI=1S/C19H14ClN5/c20-17-16(14-7-3-1-4-8-14)18(25-12-11-21-13-25)24-19(23-17)22-15-9-5-2-6-10-15/h1-13H,(H,22,23,24). The van der Waals surface area contributed by atoms with Crippen LogP contribution in [-0.4, -0.2) is 19.5 Å². The van der Waals surface area contributed by atoms with E-state index < -0.39 is 0 Å². The Hall–Kier alpha value is -3.18. The van der Waals surface area contributed by atoms with Gasteiger partial charge in [-0.2, -0.15) is 4.98 Å². The van der Waals surface area contributed by atoms with E-state index in [1.165, 1.54) is 0 Å². The molecule has 25 heavy (non-hydrogen) atoms. The van der Waals surface area contributed by atoms with Crippen molar-refractivity contribution in [2.75, 3.05) is 5.32 Å². The van der Waals surface area contributed by atoms with Gasteiger partial charge in [0.15, 0.2) is 5.82 Å². The van der Waals surface area contributed by atoms with Crippen LogP contribution in [0.3, 0.4) is 0 Å². The van der Waals surface area contributed by atoms with Gasteiger partial charge in [-0.25, -0.2) is 9.97 Å². The quantitative estimate of drug-likeness (QED) is 0.542. The van der Waals surface area contributed by atoms with E-state index in [0.717, 1.165) is 16.8 Å². The average Bonchev–Trinajstić information content (AvgIpc) is 3.17. The molecule has 2 heterocycles. The number of anilines is 2. The molecule has 1 N–H and O–H groups in total. The van der Waals surface area contributed by atoms with Crippen LogP contribution in [0.4, 0.5) is 11.6 Å². The highest BCUT2D eigenvalue weighted by molar-refractivity contribution is 6.32. The first-order valence-corrected chi connectivity index (χ1v) is 8.12. The minimum atomic E-state index is 0.378. The van der Waals surface area contributed by atoms with E-state index in [2.05, 4.69) is 20.3 Å². The highest BCUT2D eigenvalue weighted by Crippen LogP contribution is 2.32. The zero-order chi connectivity index (χ0) is 17.1. The van der Waals surface area contributed by atoms with Gasteiger partial charge in [-0.3, -0.25) is 4.57 Å². The van der Waals surface area contributed by atoms with Gasteiger partial charge in [0.2, 0.25) is 5.95 Å². The molecule has 6 heteroatoms. The van der Waals surface area contributed by atoms with E-state index >= 15 is 0 Å². The molecule has 0 unspecified atom stereocenters. The van der Waals surface area contributed by atoms with E-state index in [1.807, 2.05) is 71.4 Å². The molecule has 122 valence electrons. The number of para-hydroxylation sites is 1. The largest absolute Gasteiger partial charge is 0.324 e. The Kier molecular flexibility index (Phi) is 4.14. The molecule has 2 aromatic heterocycles. The average molecular weight is 348 g/mol. The summed E-state index contributed by atoms with van der Waals surface area (Å²) in [4.78, 5) is 13.2. The van der Waals surface area contributed by atoms with Crippen LogP contribution in [0.1, 0.15) is 0 Å². The van der Waals surface area contributed by atoms with Crippen molar-refractivity contribution in [3.05, 3.63) is 84.5 Å². The topological polar surface area (TPSA) is 55.6 Å². The number of imidazole rings is 1. The first-order valence-electron chi connectivity index (χ1n) is 7.74. The minimum Gasteiger partial charge on any atom is -0.324 e. The monoisotopic (exact) mass is 347 g/mol. The second kappa shape index (κ2) is 6.75. The van der Waals surface area contributed by atoms with Crippen molar-refractivity contribution >= 4 is 23.2 Å². The van der Waals surface area contributed by atoms with E-state index in [9.17, 15) is 0 Å². The Morgan fingerprint density at radius 2 is 1.60 bits per heavy atom. The maximum atomic E-state index is 6.53. The molecule has 0 aliphatic rings. The fourth-order valence-electron chi connectivity index (χ4n) is 2.55. The van der Waals surface area contributed by atoms with Crippen molar-refractivity contribution in [2.45, 2.75) is 0 Å². The van der Waals surface area contributed by atoms with Crippen LogP contribution in [0, 0.1) is 0 Å². The van der Waals surface area contributed by atoms with Crippen molar-refractivity contribution in [3.63, 3.8) is 0 Å². The van der Waals surface area contributed by atoms with Crippen LogP contribution in [0.15, 0.2) is 79.4 Å². The molecule has 0 fully saturated rings. The summed E-state index contributed by atoms with van der Waals surface area (Å²) in [5.74, 6) is 1.10. The molecule has 0 atom stereocenters. The molecule has 0 saturated carbocycles. The van der Waals surface area contributed by atoms with Gasteiger partial charge in [0.05, 0.1) is 5.56 Å². The molecule has 0 bridgehead atoms. The van der Waals surface area contributed by atoms with Crippen molar-refractivity contribution in [2.24, 2.45) is 0 Å². The summed E-state index contributed by atoms with van der Waals surface area (Å²) < 4.78 is 1.83. The summed E-state index contributed by atoms with van der Waals surface area (Å²) in [6.45, 7) is 0. The molecular formula is C19H14ClN5. The predicted molar refractivity (Wildman–Crippen MR) is 99.3 cm³/mol. The number of benzene rings is 2.